The lowest BCUT2D eigenvalue weighted by atomic mass is 9.74. The maximum absolute atomic E-state index is 12.5. The molecule has 0 radical (unpaired) electrons. The summed E-state index contributed by atoms with van der Waals surface area (Å²) in [5, 5.41) is 0.182. The van der Waals surface area contributed by atoms with Crippen LogP contribution < -0.4 is 11.2 Å². The number of H-pyrrole nitrogens is 1. The molecule has 0 amide bonds. The average Bonchev–Trinajstić information content (AvgIpc) is 2.20. The summed E-state index contributed by atoms with van der Waals surface area (Å²) in [5.74, 6) is 0.00193. The van der Waals surface area contributed by atoms with E-state index in [2.05, 4.69) is 4.98 Å². The molecule has 100 valence electrons. The van der Waals surface area contributed by atoms with Gasteiger partial charge >= 0.3 is 5.69 Å². The molecular formula is C13H19ClN2O2. The summed E-state index contributed by atoms with van der Waals surface area (Å²) in [6.45, 7) is 5.84. The van der Waals surface area contributed by atoms with Gasteiger partial charge in [-0.25, -0.2) is 4.79 Å². The summed E-state index contributed by atoms with van der Waals surface area (Å²) in [6.07, 6.45) is 3.66. The second-order valence-corrected chi connectivity index (χ2v) is 5.76. The molecular weight excluding hydrogens is 252 g/mol. The minimum atomic E-state index is -0.379. The van der Waals surface area contributed by atoms with Crippen molar-refractivity contribution in [3.05, 3.63) is 31.6 Å². The molecule has 0 aromatic carbocycles. The quantitative estimate of drug-likeness (QED) is 0.859. The maximum atomic E-state index is 12.5. The van der Waals surface area contributed by atoms with Gasteiger partial charge < -0.3 is 0 Å². The van der Waals surface area contributed by atoms with Gasteiger partial charge in [0.1, 0.15) is 5.15 Å². The van der Waals surface area contributed by atoms with Gasteiger partial charge in [0.15, 0.2) is 0 Å². The van der Waals surface area contributed by atoms with Gasteiger partial charge in [-0.1, -0.05) is 32.4 Å². The minimum Gasteiger partial charge on any atom is -0.297 e. The Morgan fingerprint density at radius 1 is 1.39 bits per heavy atom. The first kappa shape index (κ1) is 13.4. The van der Waals surface area contributed by atoms with E-state index in [1.165, 1.54) is 4.57 Å². The SMILES string of the molecule is CCC1(n2c(=O)[nH]c(Cl)c(C(C)C)c2=O)CCC1. The van der Waals surface area contributed by atoms with Crippen molar-refractivity contribution in [2.24, 2.45) is 0 Å². The van der Waals surface area contributed by atoms with E-state index in [1.54, 1.807) is 0 Å². The van der Waals surface area contributed by atoms with Crippen LogP contribution in [-0.4, -0.2) is 9.55 Å². The second-order valence-electron chi connectivity index (χ2n) is 5.38. The van der Waals surface area contributed by atoms with Gasteiger partial charge in [0.2, 0.25) is 0 Å². The fourth-order valence-electron chi connectivity index (χ4n) is 2.78. The van der Waals surface area contributed by atoms with E-state index >= 15 is 0 Å². The normalized spacial score (nSPS) is 17.8. The third-order valence-electron chi connectivity index (χ3n) is 4.08. The van der Waals surface area contributed by atoms with Gasteiger partial charge in [-0.3, -0.25) is 14.3 Å². The number of halogens is 1. The van der Waals surface area contributed by atoms with E-state index in [-0.39, 0.29) is 27.9 Å². The first-order valence-corrected chi connectivity index (χ1v) is 6.86. The monoisotopic (exact) mass is 270 g/mol. The summed E-state index contributed by atoms with van der Waals surface area (Å²) < 4.78 is 1.40. The lowest BCUT2D eigenvalue weighted by Gasteiger charge is -2.42. The number of aromatic amines is 1. The third kappa shape index (κ3) is 1.83. The van der Waals surface area contributed by atoms with Crippen molar-refractivity contribution in [2.75, 3.05) is 0 Å². The van der Waals surface area contributed by atoms with Crippen molar-refractivity contribution < 1.29 is 0 Å². The van der Waals surface area contributed by atoms with Crippen LogP contribution in [-0.2, 0) is 5.54 Å². The molecule has 1 N–H and O–H groups in total. The van der Waals surface area contributed by atoms with E-state index in [0.29, 0.717) is 5.56 Å². The minimum absolute atomic E-state index is 0.00193. The van der Waals surface area contributed by atoms with E-state index in [9.17, 15) is 9.59 Å². The van der Waals surface area contributed by atoms with E-state index in [0.717, 1.165) is 25.7 Å². The largest absolute Gasteiger partial charge is 0.330 e. The van der Waals surface area contributed by atoms with Crippen LogP contribution in [0.15, 0.2) is 9.59 Å². The number of aromatic nitrogens is 2. The molecule has 18 heavy (non-hydrogen) atoms. The topological polar surface area (TPSA) is 54.9 Å². The molecule has 2 rings (SSSR count). The first-order chi connectivity index (χ1) is 8.43. The summed E-state index contributed by atoms with van der Waals surface area (Å²) >= 11 is 5.99. The molecule has 0 unspecified atom stereocenters. The molecule has 0 saturated heterocycles. The van der Waals surface area contributed by atoms with Crippen molar-refractivity contribution in [2.45, 2.75) is 57.9 Å². The van der Waals surface area contributed by atoms with Crippen molar-refractivity contribution >= 4 is 11.6 Å². The molecule has 0 aliphatic heterocycles. The van der Waals surface area contributed by atoms with Crippen molar-refractivity contribution in [1.82, 2.24) is 9.55 Å². The number of hydrogen-bond acceptors (Lipinski definition) is 2. The van der Waals surface area contributed by atoms with Gasteiger partial charge in [-0.2, -0.15) is 0 Å². The van der Waals surface area contributed by atoms with Crippen LogP contribution in [0.25, 0.3) is 0 Å². The highest BCUT2D eigenvalue weighted by Gasteiger charge is 2.40. The van der Waals surface area contributed by atoms with Crippen molar-refractivity contribution in [1.29, 1.82) is 0 Å². The Balaban J connectivity index is 2.72. The lowest BCUT2D eigenvalue weighted by Crippen LogP contribution is -2.53. The van der Waals surface area contributed by atoms with Crippen LogP contribution >= 0.6 is 11.6 Å². The molecule has 1 aromatic heterocycles. The maximum Gasteiger partial charge on any atom is 0.330 e. The Morgan fingerprint density at radius 2 is 2.00 bits per heavy atom. The summed E-state index contributed by atoms with van der Waals surface area (Å²) in [4.78, 5) is 27.2. The molecule has 1 aromatic rings. The highest BCUT2D eigenvalue weighted by Crippen LogP contribution is 2.40. The van der Waals surface area contributed by atoms with Gasteiger partial charge in [-0.05, 0) is 31.6 Å². The van der Waals surface area contributed by atoms with Gasteiger partial charge in [0.25, 0.3) is 5.56 Å². The summed E-state index contributed by atoms with van der Waals surface area (Å²) in [6, 6.07) is 0. The first-order valence-electron chi connectivity index (χ1n) is 6.48. The second kappa shape index (κ2) is 4.57. The zero-order valence-electron chi connectivity index (χ0n) is 11.0. The van der Waals surface area contributed by atoms with Crippen LogP contribution in [0.2, 0.25) is 5.15 Å². The Labute approximate surface area is 111 Å². The predicted octanol–water partition coefficient (Wildman–Crippen LogP) is 2.60. The van der Waals surface area contributed by atoms with Crippen LogP contribution in [0.5, 0.6) is 0 Å². The van der Waals surface area contributed by atoms with Crippen molar-refractivity contribution in [3.63, 3.8) is 0 Å². The molecule has 5 heteroatoms. The van der Waals surface area contributed by atoms with Crippen LogP contribution in [0.3, 0.4) is 0 Å². The number of nitrogens with zero attached hydrogens (tertiary/aromatic N) is 1. The van der Waals surface area contributed by atoms with E-state index in [4.69, 9.17) is 11.6 Å². The third-order valence-corrected chi connectivity index (χ3v) is 4.38. The smallest absolute Gasteiger partial charge is 0.297 e. The molecule has 1 fully saturated rings. The van der Waals surface area contributed by atoms with Gasteiger partial charge in [0, 0.05) is 0 Å². The average molecular weight is 271 g/mol. The zero-order valence-corrected chi connectivity index (χ0v) is 11.8. The molecule has 4 nitrogen and oxygen atoms in total. The molecule has 1 aliphatic rings. The van der Waals surface area contributed by atoms with Gasteiger partial charge in [0.05, 0.1) is 11.1 Å². The van der Waals surface area contributed by atoms with Crippen LogP contribution in [0.4, 0.5) is 0 Å². The molecule has 0 atom stereocenters. The molecule has 0 bridgehead atoms. The van der Waals surface area contributed by atoms with E-state index in [1.807, 2.05) is 20.8 Å². The molecule has 1 aliphatic carbocycles. The highest BCUT2D eigenvalue weighted by molar-refractivity contribution is 6.30. The van der Waals surface area contributed by atoms with Crippen molar-refractivity contribution in [3.8, 4) is 0 Å². The Morgan fingerprint density at radius 3 is 2.39 bits per heavy atom. The Kier molecular flexibility index (Phi) is 3.41. The number of hydrogen-bond donors (Lipinski definition) is 1. The Bertz CT molecular complexity index is 562. The molecule has 1 heterocycles. The Hall–Kier alpha value is -1.03. The number of rotatable bonds is 3. The van der Waals surface area contributed by atoms with E-state index < -0.39 is 0 Å². The highest BCUT2D eigenvalue weighted by atomic mass is 35.5. The predicted molar refractivity (Wildman–Crippen MR) is 72.5 cm³/mol. The van der Waals surface area contributed by atoms with Gasteiger partial charge in [-0.15, -0.1) is 0 Å². The fourth-order valence-corrected chi connectivity index (χ4v) is 3.15. The zero-order chi connectivity index (χ0) is 13.5. The number of nitrogens with one attached hydrogen (secondary N) is 1. The molecule has 0 spiro atoms. The summed E-state index contributed by atoms with van der Waals surface area (Å²) in [5.41, 5.74) is -0.383. The molecule has 1 saturated carbocycles. The standard InChI is InChI=1S/C13H19ClN2O2/c1-4-13(6-5-7-13)16-11(17)9(8(2)3)10(14)15-12(16)18/h8H,4-7H2,1-3H3,(H,15,18). The fraction of sp³-hybridized carbons (Fsp3) is 0.692. The van der Waals surface area contributed by atoms with Crippen LogP contribution in [0.1, 0.15) is 57.9 Å². The van der Waals surface area contributed by atoms with Crippen LogP contribution in [0, 0.1) is 0 Å². The lowest BCUT2D eigenvalue weighted by molar-refractivity contribution is 0.124. The summed E-state index contributed by atoms with van der Waals surface area (Å²) in [7, 11) is 0.